The number of carbonyl (C=O) groups is 1. The highest BCUT2D eigenvalue weighted by molar-refractivity contribution is 7.98. The van der Waals surface area contributed by atoms with E-state index in [1.807, 2.05) is 6.26 Å². The number of carbonyl (C=O) groups excluding carboxylic acids is 1. The Labute approximate surface area is 114 Å². The molecule has 1 fully saturated rings. The molecule has 1 aliphatic rings. The number of ether oxygens (including phenoxy) is 1. The van der Waals surface area contributed by atoms with Crippen molar-refractivity contribution in [1.82, 2.24) is 19.6 Å². The number of thioether (sulfide) groups is 1. The fraction of sp³-hybridized carbons (Fsp3) is 0.455. The zero-order valence-electron chi connectivity index (χ0n) is 10.4. The van der Waals surface area contributed by atoms with Crippen molar-refractivity contribution in [3.63, 3.8) is 0 Å². The van der Waals surface area contributed by atoms with Crippen LogP contribution in [0, 0.1) is 0 Å². The summed E-state index contributed by atoms with van der Waals surface area (Å²) in [6.07, 6.45) is 4.26. The zero-order chi connectivity index (χ0) is 13.2. The summed E-state index contributed by atoms with van der Waals surface area (Å²) in [7, 11) is 0. The van der Waals surface area contributed by atoms with Crippen molar-refractivity contribution in [2.24, 2.45) is 0 Å². The Hall–Kier alpha value is -1.67. The molecule has 0 radical (unpaired) electrons. The van der Waals surface area contributed by atoms with Gasteiger partial charge in [0.2, 0.25) is 5.16 Å². The molecule has 2 aromatic heterocycles. The maximum absolute atomic E-state index is 10.9. The maximum Gasteiger partial charge on any atom is 0.209 e. The van der Waals surface area contributed by atoms with Crippen molar-refractivity contribution in [1.29, 1.82) is 0 Å². The van der Waals surface area contributed by atoms with Crippen LogP contribution in [0.2, 0.25) is 0 Å². The topological polar surface area (TPSA) is 72.6 Å². The van der Waals surface area contributed by atoms with Crippen LogP contribution in [-0.2, 0) is 4.74 Å². The van der Waals surface area contributed by atoms with Gasteiger partial charge in [-0.05, 0) is 6.26 Å². The first-order valence-corrected chi connectivity index (χ1v) is 7.13. The van der Waals surface area contributed by atoms with Crippen LogP contribution in [-0.4, -0.2) is 58.4 Å². The number of hydrogen-bond donors (Lipinski definition) is 0. The normalized spacial score (nSPS) is 15.9. The molecule has 0 aromatic carbocycles. The van der Waals surface area contributed by atoms with Gasteiger partial charge in [0.05, 0.1) is 19.4 Å². The van der Waals surface area contributed by atoms with E-state index in [1.54, 1.807) is 10.7 Å². The van der Waals surface area contributed by atoms with Gasteiger partial charge in [0.15, 0.2) is 17.8 Å². The second-order valence-corrected chi connectivity index (χ2v) is 4.85. The van der Waals surface area contributed by atoms with Crippen LogP contribution in [0.5, 0.6) is 0 Å². The van der Waals surface area contributed by atoms with Crippen LogP contribution >= 0.6 is 11.8 Å². The number of fused-ring (bicyclic) bond motifs is 1. The molecule has 3 heterocycles. The molecule has 0 saturated carbocycles. The Morgan fingerprint density at radius 1 is 1.37 bits per heavy atom. The van der Waals surface area contributed by atoms with Gasteiger partial charge in [0.25, 0.3) is 0 Å². The number of nitrogens with zero attached hydrogens (tertiary/aromatic N) is 5. The average Bonchev–Trinajstić information content (AvgIpc) is 2.90. The molecule has 19 heavy (non-hydrogen) atoms. The fourth-order valence-electron chi connectivity index (χ4n) is 2.00. The Morgan fingerprint density at radius 2 is 2.16 bits per heavy atom. The first-order chi connectivity index (χ1) is 9.31. The second-order valence-electron chi connectivity index (χ2n) is 4.07. The number of aldehydes is 1. The summed E-state index contributed by atoms with van der Waals surface area (Å²) in [5, 5.41) is 4.96. The van der Waals surface area contributed by atoms with Gasteiger partial charge in [-0.2, -0.15) is 4.98 Å². The Morgan fingerprint density at radius 3 is 2.84 bits per heavy atom. The van der Waals surface area contributed by atoms with Gasteiger partial charge in [-0.15, -0.1) is 5.10 Å². The van der Waals surface area contributed by atoms with Gasteiger partial charge in [-0.25, -0.2) is 9.50 Å². The van der Waals surface area contributed by atoms with Crippen molar-refractivity contribution in [2.75, 3.05) is 37.5 Å². The fourth-order valence-corrected chi connectivity index (χ4v) is 2.35. The molecule has 0 amide bonds. The predicted octanol–water partition coefficient (Wildman–Crippen LogP) is 0.495. The van der Waals surface area contributed by atoms with Gasteiger partial charge in [0.1, 0.15) is 5.69 Å². The standard InChI is InChI=1S/C11H13N5O2S/c1-19-11-13-9(15-2-4-18-5-3-15)10-12-8(7-17)6-16(10)14-11/h6-7H,2-5H2,1H3. The lowest BCUT2D eigenvalue weighted by molar-refractivity contribution is 0.111. The molecular formula is C11H13N5O2S. The third kappa shape index (κ3) is 2.28. The number of aromatic nitrogens is 4. The van der Waals surface area contributed by atoms with Crippen LogP contribution in [0.3, 0.4) is 0 Å². The molecule has 0 atom stereocenters. The van der Waals surface area contributed by atoms with E-state index in [1.165, 1.54) is 11.8 Å². The molecular weight excluding hydrogens is 266 g/mol. The minimum Gasteiger partial charge on any atom is -0.378 e. The van der Waals surface area contributed by atoms with Gasteiger partial charge in [0, 0.05) is 13.1 Å². The quantitative estimate of drug-likeness (QED) is 0.598. The average molecular weight is 279 g/mol. The summed E-state index contributed by atoms with van der Waals surface area (Å²) in [5.74, 6) is 0.760. The van der Waals surface area contributed by atoms with Crippen molar-refractivity contribution < 1.29 is 9.53 Å². The van der Waals surface area contributed by atoms with E-state index < -0.39 is 0 Å². The number of anilines is 1. The van der Waals surface area contributed by atoms with E-state index in [2.05, 4.69) is 20.0 Å². The molecule has 0 bridgehead atoms. The van der Waals surface area contributed by atoms with E-state index in [0.29, 0.717) is 29.7 Å². The molecule has 0 aliphatic carbocycles. The summed E-state index contributed by atoms with van der Waals surface area (Å²) >= 11 is 1.46. The van der Waals surface area contributed by atoms with E-state index in [-0.39, 0.29) is 0 Å². The lowest BCUT2D eigenvalue weighted by atomic mass is 10.4. The van der Waals surface area contributed by atoms with Crippen LogP contribution in [0.1, 0.15) is 10.5 Å². The van der Waals surface area contributed by atoms with Crippen LogP contribution in [0.15, 0.2) is 11.4 Å². The highest BCUT2D eigenvalue weighted by Gasteiger charge is 2.19. The lowest BCUT2D eigenvalue weighted by Gasteiger charge is -2.27. The molecule has 1 aliphatic heterocycles. The van der Waals surface area contributed by atoms with Crippen molar-refractivity contribution in [3.05, 3.63) is 11.9 Å². The molecule has 2 aromatic rings. The minimum atomic E-state index is 0.363. The number of hydrogen-bond acceptors (Lipinski definition) is 7. The van der Waals surface area contributed by atoms with E-state index in [0.717, 1.165) is 25.2 Å². The summed E-state index contributed by atoms with van der Waals surface area (Å²) < 4.78 is 6.96. The SMILES string of the molecule is CSc1nc(N2CCOCC2)c2nc(C=O)cn2n1. The van der Waals surface area contributed by atoms with Crippen LogP contribution in [0.25, 0.3) is 5.65 Å². The largest absolute Gasteiger partial charge is 0.378 e. The van der Waals surface area contributed by atoms with E-state index >= 15 is 0 Å². The van der Waals surface area contributed by atoms with Crippen LogP contribution in [0.4, 0.5) is 5.82 Å². The maximum atomic E-state index is 10.9. The van der Waals surface area contributed by atoms with Crippen molar-refractivity contribution >= 4 is 29.5 Å². The summed E-state index contributed by atoms with van der Waals surface area (Å²) in [5.41, 5.74) is 0.976. The monoisotopic (exact) mass is 279 g/mol. The summed E-state index contributed by atoms with van der Waals surface area (Å²) in [6.45, 7) is 2.88. The molecule has 0 unspecified atom stereocenters. The zero-order valence-corrected chi connectivity index (χ0v) is 11.3. The summed E-state index contributed by atoms with van der Waals surface area (Å²) in [4.78, 5) is 21.7. The van der Waals surface area contributed by atoms with Crippen molar-refractivity contribution in [3.8, 4) is 0 Å². The number of imidazole rings is 1. The Balaban J connectivity index is 2.13. The van der Waals surface area contributed by atoms with E-state index in [4.69, 9.17) is 4.74 Å². The second kappa shape index (κ2) is 5.14. The van der Waals surface area contributed by atoms with Crippen LogP contribution < -0.4 is 4.90 Å². The van der Waals surface area contributed by atoms with Gasteiger partial charge in [-0.3, -0.25) is 4.79 Å². The van der Waals surface area contributed by atoms with Gasteiger partial charge in [-0.1, -0.05) is 11.8 Å². The smallest absolute Gasteiger partial charge is 0.209 e. The van der Waals surface area contributed by atoms with Gasteiger partial charge < -0.3 is 9.64 Å². The highest BCUT2D eigenvalue weighted by atomic mass is 32.2. The predicted molar refractivity (Wildman–Crippen MR) is 71.0 cm³/mol. The third-order valence-corrected chi connectivity index (χ3v) is 3.45. The molecule has 0 spiro atoms. The van der Waals surface area contributed by atoms with Crippen molar-refractivity contribution in [2.45, 2.75) is 5.16 Å². The van der Waals surface area contributed by atoms with Gasteiger partial charge >= 0.3 is 0 Å². The molecule has 0 N–H and O–H groups in total. The number of rotatable bonds is 3. The van der Waals surface area contributed by atoms with E-state index in [9.17, 15) is 4.79 Å². The third-order valence-electron chi connectivity index (χ3n) is 2.92. The minimum absolute atomic E-state index is 0.363. The molecule has 7 nitrogen and oxygen atoms in total. The number of morpholine rings is 1. The first-order valence-electron chi connectivity index (χ1n) is 5.91. The lowest BCUT2D eigenvalue weighted by Crippen LogP contribution is -2.37. The molecule has 3 rings (SSSR count). The Bertz CT molecular complexity index is 608. The highest BCUT2D eigenvalue weighted by Crippen LogP contribution is 2.22. The molecule has 8 heteroatoms. The Kier molecular flexibility index (Phi) is 3.34. The molecule has 100 valence electrons. The molecule has 1 saturated heterocycles. The summed E-state index contributed by atoms with van der Waals surface area (Å²) in [6, 6.07) is 0. The first kappa shape index (κ1) is 12.4.